The van der Waals surface area contributed by atoms with Crippen molar-refractivity contribution in [1.82, 2.24) is 5.32 Å². The Labute approximate surface area is 127 Å². The zero-order valence-electron chi connectivity index (χ0n) is 13.5. The molecule has 7 nitrogen and oxygen atoms in total. The minimum Gasteiger partial charge on any atom is -0.481 e. The van der Waals surface area contributed by atoms with Gasteiger partial charge in [0, 0.05) is 39.3 Å². The summed E-state index contributed by atoms with van der Waals surface area (Å²) in [5.41, 5.74) is 0. The first-order valence-corrected chi connectivity index (χ1v) is 8.91. The number of amides is 1. The van der Waals surface area contributed by atoms with Crippen LogP contribution in [0.3, 0.4) is 0 Å². The number of carbonyl (C=O) groups excluding carboxylic acids is 1. The van der Waals surface area contributed by atoms with Crippen LogP contribution in [0.15, 0.2) is 0 Å². The van der Waals surface area contributed by atoms with Crippen LogP contribution in [0.5, 0.6) is 0 Å². The molecule has 0 heterocycles. The van der Waals surface area contributed by atoms with E-state index < -0.39 is 20.7 Å². The van der Waals surface area contributed by atoms with E-state index in [1.165, 1.54) is 21.3 Å². The molecule has 8 heteroatoms. The first kappa shape index (κ1) is 20.0. The fourth-order valence-electron chi connectivity index (χ4n) is 2.06. The van der Waals surface area contributed by atoms with Gasteiger partial charge in [0.25, 0.3) is 0 Å². The normalized spacial score (nSPS) is 13.2. The molecule has 0 saturated heterocycles. The summed E-state index contributed by atoms with van der Waals surface area (Å²) >= 11 is 0. The summed E-state index contributed by atoms with van der Waals surface area (Å²) in [5.74, 6) is -1.76. The van der Waals surface area contributed by atoms with Crippen LogP contribution in [-0.2, 0) is 22.9 Å². The molecule has 0 rings (SSSR count). The number of hydrogen-bond donors (Lipinski definition) is 2. The highest BCUT2D eigenvalue weighted by Crippen LogP contribution is 2.21. The van der Waals surface area contributed by atoms with Crippen LogP contribution in [0.4, 0.5) is 0 Å². The molecule has 21 heavy (non-hydrogen) atoms. The van der Waals surface area contributed by atoms with Crippen molar-refractivity contribution >= 4 is 20.7 Å². The maximum atomic E-state index is 12.0. The molecule has 0 aromatic carbocycles. The molecule has 0 aromatic heterocycles. The molecule has 0 aromatic rings. The number of carboxylic acids is 1. The predicted octanol–water partition coefficient (Wildman–Crippen LogP) is 1.26. The lowest BCUT2D eigenvalue weighted by Crippen LogP contribution is -2.43. The Kier molecular flexibility index (Phi) is 9.43. The lowest BCUT2D eigenvalue weighted by molar-refractivity contribution is -0.141. The molecular formula is C13H27NO6Si. The number of rotatable bonds is 11. The van der Waals surface area contributed by atoms with Crippen molar-refractivity contribution in [3.63, 3.8) is 0 Å². The fraction of sp³-hybridized carbons (Fsp3) is 0.846. The van der Waals surface area contributed by atoms with Crippen molar-refractivity contribution in [2.45, 2.75) is 45.2 Å². The molecule has 0 aliphatic rings. The second-order valence-corrected chi connectivity index (χ2v) is 8.24. The van der Waals surface area contributed by atoms with Crippen molar-refractivity contribution in [2.24, 2.45) is 5.92 Å². The van der Waals surface area contributed by atoms with Gasteiger partial charge in [0.05, 0.1) is 6.42 Å². The molecular weight excluding hydrogens is 294 g/mol. The van der Waals surface area contributed by atoms with Gasteiger partial charge in [-0.2, -0.15) is 0 Å². The van der Waals surface area contributed by atoms with Crippen LogP contribution in [-0.4, -0.2) is 53.2 Å². The van der Waals surface area contributed by atoms with Gasteiger partial charge in [-0.05, 0) is 26.7 Å². The Balaban J connectivity index is 4.55. The largest absolute Gasteiger partial charge is 0.500 e. The van der Waals surface area contributed by atoms with Crippen LogP contribution in [0, 0.1) is 5.92 Å². The van der Waals surface area contributed by atoms with Crippen molar-refractivity contribution in [3.8, 4) is 0 Å². The molecule has 1 amide bonds. The molecule has 1 unspecified atom stereocenters. The Morgan fingerprint density at radius 2 is 1.67 bits per heavy atom. The molecule has 0 aliphatic heterocycles. The third kappa shape index (κ3) is 7.56. The van der Waals surface area contributed by atoms with Crippen molar-refractivity contribution in [1.29, 1.82) is 0 Å². The van der Waals surface area contributed by atoms with Crippen molar-refractivity contribution in [3.05, 3.63) is 0 Å². The third-order valence-electron chi connectivity index (χ3n) is 3.19. The molecule has 2 N–H and O–H groups in total. The minimum atomic E-state index is -2.67. The predicted molar refractivity (Wildman–Crippen MR) is 79.8 cm³/mol. The number of carboxylic acid groups (broad SMARTS) is 1. The SMILES string of the molecule is CO[Si](CCCC(CC(=O)O)C(=O)NC(C)C)(OC)OC. The highest BCUT2D eigenvalue weighted by molar-refractivity contribution is 6.60. The smallest absolute Gasteiger partial charge is 0.481 e. The van der Waals surface area contributed by atoms with Gasteiger partial charge in [-0.25, -0.2) is 0 Å². The number of aliphatic carboxylic acids is 1. The zero-order valence-corrected chi connectivity index (χ0v) is 14.5. The Bertz CT molecular complexity index is 324. The highest BCUT2D eigenvalue weighted by Gasteiger charge is 2.37. The zero-order chi connectivity index (χ0) is 16.5. The van der Waals surface area contributed by atoms with E-state index in [9.17, 15) is 9.59 Å². The lowest BCUT2D eigenvalue weighted by atomic mass is 9.98. The van der Waals surface area contributed by atoms with E-state index in [1.54, 1.807) is 0 Å². The third-order valence-corrected chi connectivity index (χ3v) is 6.02. The Morgan fingerprint density at radius 3 is 2.05 bits per heavy atom. The summed E-state index contributed by atoms with van der Waals surface area (Å²) in [7, 11) is 1.91. The number of hydrogen-bond acceptors (Lipinski definition) is 5. The topological polar surface area (TPSA) is 94.1 Å². The fourth-order valence-corrected chi connectivity index (χ4v) is 3.81. The van der Waals surface area contributed by atoms with Gasteiger partial charge < -0.3 is 23.7 Å². The van der Waals surface area contributed by atoms with E-state index in [1.807, 2.05) is 13.8 Å². The van der Waals surface area contributed by atoms with E-state index in [2.05, 4.69) is 5.32 Å². The average molecular weight is 321 g/mol. The summed E-state index contributed by atoms with van der Waals surface area (Å²) in [5, 5.41) is 11.7. The number of carbonyl (C=O) groups is 2. The van der Waals surface area contributed by atoms with Gasteiger partial charge in [0.2, 0.25) is 5.91 Å². The van der Waals surface area contributed by atoms with Crippen LogP contribution < -0.4 is 5.32 Å². The molecule has 0 saturated carbocycles. The van der Waals surface area contributed by atoms with Crippen LogP contribution in [0.25, 0.3) is 0 Å². The first-order valence-electron chi connectivity index (χ1n) is 6.97. The second kappa shape index (κ2) is 9.88. The van der Waals surface area contributed by atoms with Gasteiger partial charge in [-0.1, -0.05) is 0 Å². The summed E-state index contributed by atoms with van der Waals surface area (Å²) in [4.78, 5) is 22.9. The van der Waals surface area contributed by atoms with Gasteiger partial charge in [-0.3, -0.25) is 9.59 Å². The summed E-state index contributed by atoms with van der Waals surface area (Å²) in [6, 6.07) is 0.529. The maximum Gasteiger partial charge on any atom is 0.500 e. The monoisotopic (exact) mass is 321 g/mol. The standard InChI is InChI=1S/C13H27NO6Si/c1-10(2)14-13(17)11(9-12(15)16)7-6-8-21(18-3,19-4)20-5/h10-11H,6-9H2,1-5H3,(H,14,17)(H,15,16). The van der Waals surface area contributed by atoms with Gasteiger partial charge in [0.15, 0.2) is 0 Å². The van der Waals surface area contributed by atoms with Crippen molar-refractivity contribution in [2.75, 3.05) is 21.3 Å². The second-order valence-electron chi connectivity index (χ2n) is 5.15. The molecule has 0 bridgehead atoms. The molecule has 124 valence electrons. The summed E-state index contributed by atoms with van der Waals surface area (Å²) < 4.78 is 15.9. The maximum absolute atomic E-state index is 12.0. The van der Waals surface area contributed by atoms with Crippen LogP contribution in [0.2, 0.25) is 6.04 Å². The Morgan fingerprint density at radius 1 is 1.14 bits per heavy atom. The van der Waals surface area contributed by atoms with Gasteiger partial charge >= 0.3 is 14.8 Å². The molecule has 1 atom stereocenters. The van der Waals surface area contributed by atoms with Crippen LogP contribution >= 0.6 is 0 Å². The van der Waals surface area contributed by atoms with E-state index in [0.29, 0.717) is 18.9 Å². The minimum absolute atomic E-state index is 0.0146. The van der Waals surface area contributed by atoms with E-state index in [0.717, 1.165) is 0 Å². The van der Waals surface area contributed by atoms with E-state index in [4.69, 9.17) is 18.4 Å². The lowest BCUT2D eigenvalue weighted by Gasteiger charge is -2.25. The van der Waals surface area contributed by atoms with Gasteiger partial charge in [0.1, 0.15) is 0 Å². The molecule has 0 spiro atoms. The highest BCUT2D eigenvalue weighted by atomic mass is 28.4. The van der Waals surface area contributed by atoms with Crippen LogP contribution in [0.1, 0.15) is 33.1 Å². The quantitative estimate of drug-likeness (QED) is 0.556. The van der Waals surface area contributed by atoms with Crippen molar-refractivity contribution < 1.29 is 28.0 Å². The number of nitrogens with one attached hydrogen (secondary N) is 1. The molecule has 0 fully saturated rings. The average Bonchev–Trinajstić information content (AvgIpc) is 2.41. The first-order chi connectivity index (χ1) is 9.80. The summed E-state index contributed by atoms with van der Waals surface area (Å²) in [6.07, 6.45) is 0.876. The summed E-state index contributed by atoms with van der Waals surface area (Å²) in [6.45, 7) is 3.68. The van der Waals surface area contributed by atoms with E-state index >= 15 is 0 Å². The van der Waals surface area contributed by atoms with E-state index in [-0.39, 0.29) is 18.4 Å². The Hall–Kier alpha value is -0.963. The molecule has 0 radical (unpaired) electrons. The van der Waals surface area contributed by atoms with Gasteiger partial charge in [-0.15, -0.1) is 0 Å². The molecule has 0 aliphatic carbocycles.